The van der Waals surface area contributed by atoms with Gasteiger partial charge in [0.25, 0.3) is 0 Å². The average Bonchev–Trinajstić information content (AvgIpc) is 2.10. The molecule has 1 rings (SSSR count). The number of aromatic nitrogens is 1. The molecule has 0 saturated heterocycles. The molecule has 1 N–H and O–H groups in total. The Balaban J connectivity index is 2.76. The first kappa shape index (κ1) is 12.5. The summed E-state index contributed by atoms with van der Waals surface area (Å²) < 4.78 is 1.06. The van der Waals surface area contributed by atoms with Crippen molar-refractivity contribution in [1.82, 2.24) is 4.98 Å². The van der Waals surface area contributed by atoms with Crippen molar-refractivity contribution < 1.29 is 0 Å². The zero-order valence-corrected chi connectivity index (χ0v) is 11.5. The quantitative estimate of drug-likeness (QED) is 0.890. The summed E-state index contributed by atoms with van der Waals surface area (Å²) in [6, 6.07) is 2.07. The summed E-state index contributed by atoms with van der Waals surface area (Å²) in [4.78, 5) is 4.35. The summed E-state index contributed by atoms with van der Waals surface area (Å²) in [5.41, 5.74) is 1.32. The lowest BCUT2D eigenvalue weighted by Crippen LogP contribution is -2.30. The topological polar surface area (TPSA) is 24.9 Å². The number of nitrogens with one attached hydrogen (secondary N) is 1. The summed E-state index contributed by atoms with van der Waals surface area (Å²) in [5.74, 6) is 0.953. The van der Waals surface area contributed by atoms with Gasteiger partial charge in [-0.15, -0.1) is 0 Å². The monoisotopic (exact) mass is 270 g/mol. The maximum Gasteiger partial charge on any atom is 0.126 e. The van der Waals surface area contributed by atoms with Crippen LogP contribution in [0.5, 0.6) is 0 Å². The number of pyridine rings is 1. The third-order valence-corrected chi connectivity index (χ3v) is 3.22. The molecule has 1 heterocycles. The smallest absolute Gasteiger partial charge is 0.126 e. The van der Waals surface area contributed by atoms with Crippen LogP contribution in [0.4, 0.5) is 5.82 Å². The van der Waals surface area contributed by atoms with Crippen LogP contribution in [0.2, 0.25) is 0 Å². The molecular weight excluding hydrogens is 252 g/mol. The Morgan fingerprint density at radius 2 is 2.13 bits per heavy atom. The lowest BCUT2D eigenvalue weighted by Gasteiger charge is -2.26. The van der Waals surface area contributed by atoms with Crippen LogP contribution < -0.4 is 5.32 Å². The van der Waals surface area contributed by atoms with E-state index in [9.17, 15) is 0 Å². The summed E-state index contributed by atoms with van der Waals surface area (Å²) in [6.45, 7) is 8.68. The first-order valence-electron chi connectivity index (χ1n) is 5.35. The second-order valence-corrected chi connectivity index (χ2v) is 5.43. The van der Waals surface area contributed by atoms with E-state index in [-0.39, 0.29) is 5.54 Å². The molecule has 0 aliphatic heterocycles. The third kappa shape index (κ3) is 3.82. The molecule has 84 valence electrons. The third-order valence-electron chi connectivity index (χ3n) is 2.39. The van der Waals surface area contributed by atoms with Gasteiger partial charge in [-0.2, -0.15) is 0 Å². The molecule has 0 aliphatic carbocycles. The van der Waals surface area contributed by atoms with Crippen molar-refractivity contribution in [3.63, 3.8) is 0 Å². The van der Waals surface area contributed by atoms with Gasteiger partial charge in [0.1, 0.15) is 5.82 Å². The van der Waals surface area contributed by atoms with Crippen molar-refractivity contribution in [2.75, 3.05) is 5.32 Å². The van der Waals surface area contributed by atoms with Crippen LogP contribution in [0.25, 0.3) is 0 Å². The highest BCUT2D eigenvalue weighted by Gasteiger charge is 2.16. The number of aryl methyl sites for hydroxylation is 1. The van der Waals surface area contributed by atoms with E-state index in [0.717, 1.165) is 16.7 Å². The van der Waals surface area contributed by atoms with E-state index in [2.05, 4.69) is 60.0 Å². The van der Waals surface area contributed by atoms with Gasteiger partial charge in [-0.1, -0.05) is 13.3 Å². The predicted molar refractivity (Wildman–Crippen MR) is 69.3 cm³/mol. The Hall–Kier alpha value is -0.570. The molecular formula is C12H19BrN2. The molecule has 0 bridgehead atoms. The molecule has 1 aromatic rings. The Labute approximate surface area is 101 Å². The van der Waals surface area contributed by atoms with Crippen molar-refractivity contribution in [2.45, 2.75) is 46.1 Å². The summed E-state index contributed by atoms with van der Waals surface area (Å²) in [7, 11) is 0. The minimum Gasteiger partial charge on any atom is -0.365 e. The standard InChI is InChI=1S/C12H19BrN2/c1-5-6-12(3,4)15-11-7-9(2)10(13)8-14-11/h7-8H,5-6H2,1-4H3,(H,14,15). The molecule has 0 amide bonds. The second-order valence-electron chi connectivity index (χ2n) is 4.58. The van der Waals surface area contributed by atoms with Crippen molar-refractivity contribution in [2.24, 2.45) is 0 Å². The fourth-order valence-corrected chi connectivity index (χ4v) is 1.86. The van der Waals surface area contributed by atoms with E-state index in [1.807, 2.05) is 6.20 Å². The van der Waals surface area contributed by atoms with Crippen LogP contribution >= 0.6 is 15.9 Å². The van der Waals surface area contributed by atoms with Gasteiger partial charge in [0.2, 0.25) is 0 Å². The van der Waals surface area contributed by atoms with E-state index < -0.39 is 0 Å². The van der Waals surface area contributed by atoms with Gasteiger partial charge in [-0.25, -0.2) is 4.98 Å². The van der Waals surface area contributed by atoms with Gasteiger partial charge in [-0.05, 0) is 54.8 Å². The Bertz CT molecular complexity index is 334. The van der Waals surface area contributed by atoms with E-state index in [1.165, 1.54) is 12.0 Å². The van der Waals surface area contributed by atoms with Gasteiger partial charge >= 0.3 is 0 Å². The molecule has 0 aliphatic rings. The van der Waals surface area contributed by atoms with Gasteiger partial charge < -0.3 is 5.32 Å². The van der Waals surface area contributed by atoms with E-state index >= 15 is 0 Å². The number of nitrogens with zero attached hydrogens (tertiary/aromatic N) is 1. The Morgan fingerprint density at radius 3 is 2.67 bits per heavy atom. The van der Waals surface area contributed by atoms with Crippen LogP contribution in [-0.4, -0.2) is 10.5 Å². The molecule has 0 atom stereocenters. The summed E-state index contributed by atoms with van der Waals surface area (Å²) in [5, 5.41) is 3.46. The molecule has 3 heteroatoms. The van der Waals surface area contributed by atoms with E-state index in [4.69, 9.17) is 0 Å². The molecule has 0 spiro atoms. The molecule has 15 heavy (non-hydrogen) atoms. The van der Waals surface area contributed by atoms with Crippen molar-refractivity contribution in [1.29, 1.82) is 0 Å². The fourth-order valence-electron chi connectivity index (χ4n) is 1.64. The highest BCUT2D eigenvalue weighted by Crippen LogP contribution is 2.21. The lowest BCUT2D eigenvalue weighted by molar-refractivity contribution is 0.509. The van der Waals surface area contributed by atoms with Crippen LogP contribution in [0.15, 0.2) is 16.7 Å². The van der Waals surface area contributed by atoms with Crippen molar-refractivity contribution in [3.05, 3.63) is 22.3 Å². The SMILES string of the molecule is CCCC(C)(C)Nc1cc(C)c(Br)cn1. The van der Waals surface area contributed by atoms with Crippen LogP contribution in [-0.2, 0) is 0 Å². The predicted octanol–water partition coefficient (Wildman–Crippen LogP) is 4.14. The molecule has 2 nitrogen and oxygen atoms in total. The maximum absolute atomic E-state index is 4.35. The highest BCUT2D eigenvalue weighted by molar-refractivity contribution is 9.10. The second kappa shape index (κ2) is 4.97. The minimum atomic E-state index is 0.113. The zero-order chi connectivity index (χ0) is 11.5. The fraction of sp³-hybridized carbons (Fsp3) is 0.583. The number of hydrogen-bond donors (Lipinski definition) is 1. The normalized spacial score (nSPS) is 11.5. The van der Waals surface area contributed by atoms with Gasteiger partial charge in [0.15, 0.2) is 0 Å². The Morgan fingerprint density at radius 1 is 1.47 bits per heavy atom. The summed E-state index contributed by atoms with van der Waals surface area (Å²) in [6.07, 6.45) is 4.17. The highest BCUT2D eigenvalue weighted by atomic mass is 79.9. The van der Waals surface area contributed by atoms with Crippen LogP contribution in [0.1, 0.15) is 39.2 Å². The molecule has 0 fully saturated rings. The van der Waals surface area contributed by atoms with Crippen LogP contribution in [0.3, 0.4) is 0 Å². The molecule has 0 aromatic carbocycles. The summed E-state index contributed by atoms with van der Waals surface area (Å²) >= 11 is 3.45. The van der Waals surface area contributed by atoms with Crippen LogP contribution in [0, 0.1) is 6.92 Å². The zero-order valence-electron chi connectivity index (χ0n) is 9.89. The minimum absolute atomic E-state index is 0.113. The number of hydrogen-bond acceptors (Lipinski definition) is 2. The van der Waals surface area contributed by atoms with Crippen molar-refractivity contribution in [3.8, 4) is 0 Å². The molecule has 0 saturated carbocycles. The number of halogens is 1. The van der Waals surface area contributed by atoms with Gasteiger partial charge in [0, 0.05) is 16.2 Å². The largest absolute Gasteiger partial charge is 0.365 e. The maximum atomic E-state index is 4.35. The van der Waals surface area contributed by atoms with E-state index in [0.29, 0.717) is 0 Å². The number of rotatable bonds is 4. The van der Waals surface area contributed by atoms with E-state index in [1.54, 1.807) is 0 Å². The number of anilines is 1. The average molecular weight is 271 g/mol. The first-order valence-corrected chi connectivity index (χ1v) is 6.14. The van der Waals surface area contributed by atoms with Crippen molar-refractivity contribution >= 4 is 21.7 Å². The molecule has 1 aromatic heterocycles. The lowest BCUT2D eigenvalue weighted by atomic mass is 9.99. The molecule has 0 unspecified atom stereocenters. The van der Waals surface area contributed by atoms with Gasteiger partial charge in [-0.3, -0.25) is 0 Å². The Kier molecular flexibility index (Phi) is 4.14. The van der Waals surface area contributed by atoms with Gasteiger partial charge in [0.05, 0.1) is 0 Å². The first-order chi connectivity index (χ1) is 6.94. The molecule has 0 radical (unpaired) electrons.